The predicted octanol–water partition coefficient (Wildman–Crippen LogP) is 3.24. The molecule has 0 saturated heterocycles. The minimum atomic E-state index is 0.493. The molecule has 1 fully saturated rings. The lowest BCUT2D eigenvalue weighted by Crippen LogP contribution is -2.37. The van der Waals surface area contributed by atoms with Gasteiger partial charge in [-0.1, -0.05) is 43.5 Å². The minimum Gasteiger partial charge on any atom is -0.380 e. The van der Waals surface area contributed by atoms with Gasteiger partial charge in [-0.15, -0.1) is 0 Å². The standard InChI is InChI=1S/C20H33N3O2/c1-21-20(22-13-6-14-25-19-7-4-3-5-8-19)23-15-17-9-11-18(12-10-17)16-24-2/h9-12,19H,3-8,13-16H2,1-2H3,(H2,21,22,23). The molecule has 2 rings (SSSR count). The van der Waals surface area contributed by atoms with Crippen LogP contribution in [-0.4, -0.2) is 39.4 Å². The van der Waals surface area contributed by atoms with Crippen LogP contribution in [0.3, 0.4) is 0 Å². The van der Waals surface area contributed by atoms with E-state index in [0.29, 0.717) is 12.7 Å². The second kappa shape index (κ2) is 11.9. The highest BCUT2D eigenvalue weighted by atomic mass is 16.5. The van der Waals surface area contributed by atoms with Crippen LogP contribution < -0.4 is 10.6 Å². The molecule has 0 amide bonds. The summed E-state index contributed by atoms with van der Waals surface area (Å²) in [4.78, 5) is 4.27. The summed E-state index contributed by atoms with van der Waals surface area (Å²) in [6.07, 6.45) is 7.99. The molecular weight excluding hydrogens is 314 g/mol. The van der Waals surface area contributed by atoms with E-state index in [1.165, 1.54) is 43.2 Å². The molecule has 5 heteroatoms. The monoisotopic (exact) mass is 347 g/mol. The summed E-state index contributed by atoms with van der Waals surface area (Å²) in [6.45, 7) is 3.11. The largest absolute Gasteiger partial charge is 0.380 e. The van der Waals surface area contributed by atoms with Crippen LogP contribution in [0.25, 0.3) is 0 Å². The summed E-state index contributed by atoms with van der Waals surface area (Å²) in [5, 5.41) is 6.69. The molecular formula is C20H33N3O2. The first-order chi connectivity index (χ1) is 12.3. The highest BCUT2D eigenvalue weighted by Crippen LogP contribution is 2.20. The Morgan fingerprint density at radius 3 is 2.48 bits per heavy atom. The molecule has 1 saturated carbocycles. The summed E-state index contributed by atoms with van der Waals surface area (Å²) in [7, 11) is 3.51. The highest BCUT2D eigenvalue weighted by molar-refractivity contribution is 5.79. The number of hydrogen-bond donors (Lipinski definition) is 2. The Hall–Kier alpha value is -1.59. The Labute approximate surface area is 152 Å². The SMILES string of the molecule is CN=C(NCCCOC1CCCCC1)NCc1ccc(COC)cc1. The maximum absolute atomic E-state index is 5.95. The van der Waals surface area contributed by atoms with Crippen LogP contribution in [0.2, 0.25) is 0 Å². The van der Waals surface area contributed by atoms with E-state index in [2.05, 4.69) is 39.9 Å². The van der Waals surface area contributed by atoms with Crippen molar-refractivity contribution in [1.29, 1.82) is 0 Å². The first-order valence-electron chi connectivity index (χ1n) is 9.44. The number of nitrogens with zero attached hydrogens (tertiary/aromatic N) is 1. The number of ether oxygens (including phenoxy) is 2. The molecule has 1 aliphatic carbocycles. The van der Waals surface area contributed by atoms with E-state index in [9.17, 15) is 0 Å². The third-order valence-corrected chi connectivity index (χ3v) is 4.54. The molecule has 0 atom stereocenters. The maximum atomic E-state index is 5.95. The van der Waals surface area contributed by atoms with E-state index in [1.54, 1.807) is 14.2 Å². The van der Waals surface area contributed by atoms with Gasteiger partial charge in [0.2, 0.25) is 0 Å². The second-order valence-corrected chi connectivity index (χ2v) is 6.59. The molecule has 1 aromatic carbocycles. The number of hydrogen-bond acceptors (Lipinski definition) is 3. The summed E-state index contributed by atoms with van der Waals surface area (Å²) < 4.78 is 11.1. The van der Waals surface area contributed by atoms with Crippen molar-refractivity contribution in [3.05, 3.63) is 35.4 Å². The van der Waals surface area contributed by atoms with E-state index in [0.717, 1.165) is 32.1 Å². The van der Waals surface area contributed by atoms with Crippen molar-refractivity contribution < 1.29 is 9.47 Å². The van der Waals surface area contributed by atoms with Crippen molar-refractivity contribution in [2.24, 2.45) is 4.99 Å². The number of aliphatic imine (C=N–C) groups is 1. The summed E-state index contributed by atoms with van der Waals surface area (Å²) in [5.74, 6) is 0.832. The zero-order valence-corrected chi connectivity index (χ0v) is 15.7. The van der Waals surface area contributed by atoms with Crippen LogP contribution in [0.1, 0.15) is 49.7 Å². The van der Waals surface area contributed by atoms with Gasteiger partial charge in [0.15, 0.2) is 5.96 Å². The Bertz CT molecular complexity index is 496. The molecule has 2 N–H and O–H groups in total. The van der Waals surface area contributed by atoms with Gasteiger partial charge < -0.3 is 20.1 Å². The van der Waals surface area contributed by atoms with Crippen molar-refractivity contribution >= 4 is 5.96 Å². The van der Waals surface area contributed by atoms with Crippen LogP contribution in [0.5, 0.6) is 0 Å². The van der Waals surface area contributed by atoms with Crippen molar-refractivity contribution in [2.45, 2.75) is 57.8 Å². The third-order valence-electron chi connectivity index (χ3n) is 4.54. The van der Waals surface area contributed by atoms with E-state index >= 15 is 0 Å². The van der Waals surface area contributed by atoms with Gasteiger partial charge in [0, 0.05) is 33.9 Å². The molecule has 25 heavy (non-hydrogen) atoms. The zero-order chi connectivity index (χ0) is 17.7. The zero-order valence-electron chi connectivity index (χ0n) is 15.7. The average molecular weight is 348 g/mol. The fourth-order valence-corrected chi connectivity index (χ4v) is 3.09. The maximum Gasteiger partial charge on any atom is 0.191 e. The van der Waals surface area contributed by atoms with Gasteiger partial charge >= 0.3 is 0 Å². The van der Waals surface area contributed by atoms with E-state index < -0.39 is 0 Å². The van der Waals surface area contributed by atoms with E-state index in [4.69, 9.17) is 9.47 Å². The predicted molar refractivity (Wildman–Crippen MR) is 103 cm³/mol. The lowest BCUT2D eigenvalue weighted by molar-refractivity contribution is 0.0277. The first-order valence-corrected chi connectivity index (χ1v) is 9.44. The normalized spacial score (nSPS) is 16.0. The Morgan fingerprint density at radius 1 is 1.08 bits per heavy atom. The van der Waals surface area contributed by atoms with Gasteiger partial charge in [0.1, 0.15) is 0 Å². The Balaban J connectivity index is 1.58. The first kappa shape index (κ1) is 19.7. The molecule has 0 radical (unpaired) electrons. The molecule has 0 aliphatic heterocycles. The van der Waals surface area contributed by atoms with Crippen LogP contribution in [-0.2, 0) is 22.6 Å². The third kappa shape index (κ3) is 7.88. The van der Waals surface area contributed by atoms with Crippen molar-refractivity contribution in [3.8, 4) is 0 Å². The van der Waals surface area contributed by atoms with Gasteiger partial charge in [-0.05, 0) is 30.4 Å². The van der Waals surface area contributed by atoms with E-state index in [-0.39, 0.29) is 0 Å². The Kier molecular flexibility index (Phi) is 9.37. The number of benzene rings is 1. The molecule has 5 nitrogen and oxygen atoms in total. The second-order valence-electron chi connectivity index (χ2n) is 6.59. The van der Waals surface area contributed by atoms with Gasteiger partial charge in [0.25, 0.3) is 0 Å². The summed E-state index contributed by atoms with van der Waals surface area (Å²) in [6, 6.07) is 8.43. The number of nitrogens with one attached hydrogen (secondary N) is 2. The fraction of sp³-hybridized carbons (Fsp3) is 0.650. The molecule has 0 heterocycles. The molecule has 0 spiro atoms. The minimum absolute atomic E-state index is 0.493. The number of methoxy groups -OCH3 is 1. The molecule has 1 aromatic rings. The van der Waals surface area contributed by atoms with Gasteiger partial charge in [0.05, 0.1) is 12.7 Å². The van der Waals surface area contributed by atoms with Gasteiger partial charge in [-0.3, -0.25) is 4.99 Å². The molecule has 0 bridgehead atoms. The molecule has 140 valence electrons. The van der Waals surface area contributed by atoms with Crippen LogP contribution >= 0.6 is 0 Å². The topological polar surface area (TPSA) is 54.9 Å². The number of guanidine groups is 1. The van der Waals surface area contributed by atoms with Crippen LogP contribution in [0, 0.1) is 0 Å². The van der Waals surface area contributed by atoms with Crippen molar-refractivity contribution in [1.82, 2.24) is 10.6 Å². The van der Waals surface area contributed by atoms with Crippen LogP contribution in [0.15, 0.2) is 29.3 Å². The number of rotatable bonds is 9. The fourth-order valence-electron chi connectivity index (χ4n) is 3.09. The smallest absolute Gasteiger partial charge is 0.191 e. The Morgan fingerprint density at radius 2 is 1.80 bits per heavy atom. The van der Waals surface area contributed by atoms with Crippen LogP contribution in [0.4, 0.5) is 0 Å². The lowest BCUT2D eigenvalue weighted by atomic mass is 9.98. The molecule has 1 aliphatic rings. The summed E-state index contributed by atoms with van der Waals surface area (Å²) in [5.41, 5.74) is 2.41. The molecule has 0 unspecified atom stereocenters. The van der Waals surface area contributed by atoms with Crippen molar-refractivity contribution in [2.75, 3.05) is 27.3 Å². The van der Waals surface area contributed by atoms with Gasteiger partial charge in [-0.25, -0.2) is 0 Å². The summed E-state index contributed by atoms with van der Waals surface area (Å²) >= 11 is 0. The van der Waals surface area contributed by atoms with Gasteiger partial charge in [-0.2, -0.15) is 0 Å². The van der Waals surface area contributed by atoms with Crippen molar-refractivity contribution in [3.63, 3.8) is 0 Å². The highest BCUT2D eigenvalue weighted by Gasteiger charge is 2.12. The lowest BCUT2D eigenvalue weighted by Gasteiger charge is -2.22. The quantitative estimate of drug-likeness (QED) is 0.409. The molecule has 0 aromatic heterocycles. The van der Waals surface area contributed by atoms with E-state index in [1.807, 2.05) is 0 Å². The average Bonchev–Trinajstić information content (AvgIpc) is 2.66.